The standard InChI is InChI=1S/C20H27NO4/c1-19(2)9-15-10-20(3,12-19)13-21(15)17(22)11-25-18(23)14-6-5-7-16(8-14)24-4/h5-8,15H,9-13H2,1-4H3/t15-,20+/m1/s1. The Hall–Kier alpha value is -2.04. The third-order valence-corrected chi connectivity index (χ3v) is 5.37. The van der Waals surface area contributed by atoms with E-state index in [0.717, 1.165) is 25.8 Å². The third kappa shape index (κ3) is 3.80. The molecule has 2 aliphatic rings. The van der Waals surface area contributed by atoms with E-state index in [0.29, 0.717) is 11.3 Å². The lowest BCUT2D eigenvalue weighted by Crippen LogP contribution is -2.39. The van der Waals surface area contributed by atoms with Gasteiger partial charge in [-0.05, 0) is 48.3 Å². The Morgan fingerprint density at radius 3 is 2.72 bits per heavy atom. The van der Waals surface area contributed by atoms with Crippen LogP contribution in [0.25, 0.3) is 0 Å². The van der Waals surface area contributed by atoms with Gasteiger partial charge in [-0.25, -0.2) is 4.79 Å². The molecule has 1 saturated carbocycles. The molecule has 5 nitrogen and oxygen atoms in total. The number of rotatable bonds is 4. The van der Waals surface area contributed by atoms with Crippen molar-refractivity contribution in [1.29, 1.82) is 0 Å². The zero-order chi connectivity index (χ0) is 18.2. The molecule has 2 fully saturated rings. The quantitative estimate of drug-likeness (QED) is 0.786. The van der Waals surface area contributed by atoms with Crippen molar-refractivity contribution in [3.63, 3.8) is 0 Å². The Bertz CT molecular complexity index is 684. The van der Waals surface area contributed by atoms with Crippen molar-refractivity contribution in [2.75, 3.05) is 20.3 Å². The fourth-order valence-corrected chi connectivity index (χ4v) is 4.80. The minimum atomic E-state index is -0.499. The highest BCUT2D eigenvalue weighted by Gasteiger charge is 2.50. The first-order valence-electron chi connectivity index (χ1n) is 8.82. The van der Waals surface area contributed by atoms with Gasteiger partial charge < -0.3 is 14.4 Å². The van der Waals surface area contributed by atoms with Gasteiger partial charge in [-0.2, -0.15) is 0 Å². The summed E-state index contributed by atoms with van der Waals surface area (Å²) in [5, 5.41) is 0. The summed E-state index contributed by atoms with van der Waals surface area (Å²) in [4.78, 5) is 26.7. The fourth-order valence-electron chi connectivity index (χ4n) is 4.80. The van der Waals surface area contributed by atoms with Crippen molar-refractivity contribution in [1.82, 2.24) is 4.90 Å². The molecule has 0 unspecified atom stereocenters. The summed E-state index contributed by atoms with van der Waals surface area (Å²) in [5.41, 5.74) is 0.823. The monoisotopic (exact) mass is 345 g/mol. The topological polar surface area (TPSA) is 55.8 Å². The van der Waals surface area contributed by atoms with E-state index in [1.165, 1.54) is 0 Å². The molecule has 1 amide bonds. The second-order valence-corrected chi connectivity index (χ2v) is 8.54. The number of carbonyl (C=O) groups is 2. The van der Waals surface area contributed by atoms with Crippen molar-refractivity contribution >= 4 is 11.9 Å². The molecule has 0 radical (unpaired) electrons. The molecule has 1 aliphatic carbocycles. The van der Waals surface area contributed by atoms with Gasteiger partial charge in [0.25, 0.3) is 5.91 Å². The molecule has 5 heteroatoms. The zero-order valence-corrected chi connectivity index (χ0v) is 15.5. The maximum Gasteiger partial charge on any atom is 0.338 e. The number of hydrogen-bond acceptors (Lipinski definition) is 4. The number of hydrogen-bond donors (Lipinski definition) is 0. The molecule has 1 aliphatic heterocycles. The van der Waals surface area contributed by atoms with Gasteiger partial charge in [0.2, 0.25) is 0 Å². The SMILES string of the molecule is COc1cccc(C(=O)OCC(=O)N2C[C@@]3(C)C[C@H]2CC(C)(C)C3)c1. The van der Waals surface area contributed by atoms with Gasteiger partial charge in [-0.1, -0.05) is 26.8 Å². The summed E-state index contributed by atoms with van der Waals surface area (Å²) in [6.07, 6.45) is 3.19. The lowest BCUT2D eigenvalue weighted by molar-refractivity contribution is -0.135. The number of nitrogens with zero attached hydrogens (tertiary/aromatic N) is 1. The second-order valence-electron chi connectivity index (χ2n) is 8.54. The maximum absolute atomic E-state index is 12.6. The molecular formula is C20H27NO4. The van der Waals surface area contributed by atoms with Crippen LogP contribution in [-0.2, 0) is 9.53 Å². The number of carbonyl (C=O) groups excluding carboxylic acids is 2. The van der Waals surface area contributed by atoms with Crippen LogP contribution in [0.15, 0.2) is 24.3 Å². The average Bonchev–Trinajstić information content (AvgIpc) is 2.81. The molecule has 0 N–H and O–H groups in total. The van der Waals surface area contributed by atoms with E-state index in [-0.39, 0.29) is 29.4 Å². The van der Waals surface area contributed by atoms with E-state index < -0.39 is 5.97 Å². The van der Waals surface area contributed by atoms with E-state index >= 15 is 0 Å². The van der Waals surface area contributed by atoms with Crippen molar-refractivity contribution in [3.8, 4) is 5.75 Å². The van der Waals surface area contributed by atoms with Crippen molar-refractivity contribution < 1.29 is 19.1 Å². The number of benzene rings is 1. The van der Waals surface area contributed by atoms with Crippen LogP contribution in [0.1, 0.15) is 50.4 Å². The van der Waals surface area contributed by atoms with E-state index in [1.54, 1.807) is 31.4 Å². The minimum absolute atomic E-state index is 0.0947. The summed E-state index contributed by atoms with van der Waals surface area (Å²) in [6, 6.07) is 7.01. The van der Waals surface area contributed by atoms with Crippen molar-refractivity contribution in [2.24, 2.45) is 10.8 Å². The first-order chi connectivity index (χ1) is 11.7. The van der Waals surface area contributed by atoms with Gasteiger partial charge in [0.15, 0.2) is 6.61 Å². The van der Waals surface area contributed by atoms with Gasteiger partial charge in [-0.15, -0.1) is 0 Å². The number of likely N-dealkylation sites (tertiary alicyclic amines) is 1. The highest BCUT2D eigenvalue weighted by Crippen LogP contribution is 2.52. The van der Waals surface area contributed by atoms with Gasteiger partial charge in [0, 0.05) is 12.6 Å². The smallest absolute Gasteiger partial charge is 0.338 e. The van der Waals surface area contributed by atoms with Crippen molar-refractivity contribution in [2.45, 2.75) is 46.1 Å². The van der Waals surface area contributed by atoms with Gasteiger partial charge in [0.05, 0.1) is 12.7 Å². The molecule has 0 spiro atoms. The predicted molar refractivity (Wildman–Crippen MR) is 94.5 cm³/mol. The summed E-state index contributed by atoms with van der Waals surface area (Å²) >= 11 is 0. The highest BCUT2D eigenvalue weighted by molar-refractivity contribution is 5.91. The predicted octanol–water partition coefficient (Wildman–Crippen LogP) is 3.28. The number of methoxy groups -OCH3 is 1. The summed E-state index contributed by atoms with van der Waals surface area (Å²) in [5.74, 6) is -0.00657. The lowest BCUT2D eigenvalue weighted by atomic mass is 9.65. The molecular weight excluding hydrogens is 318 g/mol. The van der Waals surface area contributed by atoms with Crippen LogP contribution in [0, 0.1) is 10.8 Å². The number of esters is 1. The molecule has 1 aromatic carbocycles. The van der Waals surface area contributed by atoms with Crippen LogP contribution >= 0.6 is 0 Å². The van der Waals surface area contributed by atoms with Crippen LogP contribution in [0.2, 0.25) is 0 Å². The fraction of sp³-hybridized carbons (Fsp3) is 0.600. The van der Waals surface area contributed by atoms with Crippen LogP contribution in [0.3, 0.4) is 0 Å². The lowest BCUT2D eigenvalue weighted by Gasteiger charge is -2.39. The Morgan fingerprint density at radius 1 is 1.24 bits per heavy atom. The Balaban J connectivity index is 1.60. The first kappa shape index (κ1) is 17.8. The molecule has 3 rings (SSSR count). The first-order valence-corrected chi connectivity index (χ1v) is 8.82. The van der Waals surface area contributed by atoms with E-state index in [4.69, 9.17) is 9.47 Å². The van der Waals surface area contributed by atoms with Crippen LogP contribution in [0.5, 0.6) is 5.75 Å². The molecule has 136 valence electrons. The van der Waals surface area contributed by atoms with E-state index in [9.17, 15) is 9.59 Å². The van der Waals surface area contributed by atoms with Gasteiger partial charge in [0.1, 0.15) is 5.75 Å². The van der Waals surface area contributed by atoms with Crippen LogP contribution < -0.4 is 4.74 Å². The Morgan fingerprint density at radius 2 is 2.00 bits per heavy atom. The zero-order valence-electron chi connectivity index (χ0n) is 15.5. The maximum atomic E-state index is 12.6. The summed E-state index contributed by atoms with van der Waals surface area (Å²) < 4.78 is 10.4. The normalized spacial score (nSPS) is 27.0. The number of ether oxygens (including phenoxy) is 2. The van der Waals surface area contributed by atoms with Gasteiger partial charge >= 0.3 is 5.97 Å². The van der Waals surface area contributed by atoms with E-state index in [1.807, 2.05) is 4.90 Å². The summed E-state index contributed by atoms with van der Waals surface area (Å²) in [7, 11) is 1.54. The molecule has 2 bridgehead atoms. The number of amides is 1. The second kappa shape index (κ2) is 6.36. The molecule has 1 heterocycles. The van der Waals surface area contributed by atoms with Crippen LogP contribution in [-0.4, -0.2) is 43.1 Å². The van der Waals surface area contributed by atoms with E-state index in [2.05, 4.69) is 20.8 Å². The van der Waals surface area contributed by atoms with Crippen molar-refractivity contribution in [3.05, 3.63) is 29.8 Å². The largest absolute Gasteiger partial charge is 0.497 e. The third-order valence-electron chi connectivity index (χ3n) is 5.37. The molecule has 1 aromatic rings. The van der Waals surface area contributed by atoms with Crippen LogP contribution in [0.4, 0.5) is 0 Å². The highest BCUT2D eigenvalue weighted by atomic mass is 16.5. The Kier molecular flexibility index (Phi) is 4.52. The molecule has 2 atom stereocenters. The Labute approximate surface area is 149 Å². The molecule has 25 heavy (non-hydrogen) atoms. The number of fused-ring (bicyclic) bond motifs is 2. The van der Waals surface area contributed by atoms with Gasteiger partial charge in [-0.3, -0.25) is 4.79 Å². The average molecular weight is 345 g/mol. The minimum Gasteiger partial charge on any atom is -0.497 e. The molecule has 1 saturated heterocycles. The summed E-state index contributed by atoms with van der Waals surface area (Å²) in [6.45, 7) is 7.36. The molecule has 0 aromatic heterocycles.